The Hall–Kier alpha value is -2.72. The van der Waals surface area contributed by atoms with Crippen LogP contribution in [0.25, 0.3) is 11.0 Å². The molecule has 3 rings (SSSR count). The van der Waals surface area contributed by atoms with Crippen molar-refractivity contribution in [3.63, 3.8) is 0 Å². The third-order valence-electron chi connectivity index (χ3n) is 4.29. The fourth-order valence-corrected chi connectivity index (χ4v) is 3.48. The number of aromatic nitrogens is 3. The van der Waals surface area contributed by atoms with Crippen LogP contribution in [0.2, 0.25) is 5.15 Å². The Kier molecular flexibility index (Phi) is 5.80. The van der Waals surface area contributed by atoms with E-state index < -0.39 is 42.2 Å². The monoisotopic (exact) mass is 410 g/mol. The van der Waals surface area contributed by atoms with Gasteiger partial charge in [-0.25, -0.2) is 9.97 Å². The molecule has 2 N–H and O–H groups in total. The summed E-state index contributed by atoms with van der Waals surface area (Å²) in [5.41, 5.74) is 1.70. The van der Waals surface area contributed by atoms with E-state index in [2.05, 4.69) is 20.3 Å². The lowest BCUT2D eigenvalue weighted by Crippen LogP contribution is -2.41. The summed E-state index contributed by atoms with van der Waals surface area (Å²) in [6, 6.07) is -1.18. The number of esters is 3. The van der Waals surface area contributed by atoms with Crippen LogP contribution in [-0.2, 0) is 28.6 Å². The number of nitrogens with zero attached hydrogens (tertiary/aromatic N) is 2. The molecular formula is C17H19ClN4O6. The van der Waals surface area contributed by atoms with Crippen molar-refractivity contribution in [3.05, 3.63) is 23.2 Å². The average Bonchev–Trinajstić information content (AvgIpc) is 3.16. The summed E-state index contributed by atoms with van der Waals surface area (Å²) in [6.45, 7) is 3.71. The Morgan fingerprint density at radius 2 is 1.75 bits per heavy atom. The van der Waals surface area contributed by atoms with Gasteiger partial charge in [0.05, 0.1) is 17.6 Å². The number of hydrogen-bond donors (Lipinski definition) is 2. The predicted octanol–water partition coefficient (Wildman–Crippen LogP) is 1.05. The van der Waals surface area contributed by atoms with Gasteiger partial charge in [-0.15, -0.1) is 0 Å². The minimum Gasteiger partial charge on any atom is -0.464 e. The van der Waals surface area contributed by atoms with Gasteiger partial charge in [0.1, 0.15) is 18.5 Å². The van der Waals surface area contributed by atoms with Crippen LogP contribution in [0.1, 0.15) is 32.4 Å². The van der Waals surface area contributed by atoms with Crippen molar-refractivity contribution in [1.29, 1.82) is 0 Å². The molecule has 2 aromatic rings. The van der Waals surface area contributed by atoms with Gasteiger partial charge in [-0.05, 0) is 0 Å². The van der Waals surface area contributed by atoms with Gasteiger partial charge in [-0.3, -0.25) is 19.7 Å². The van der Waals surface area contributed by atoms with Gasteiger partial charge in [0.2, 0.25) is 0 Å². The highest BCUT2D eigenvalue weighted by Crippen LogP contribution is 2.36. The molecule has 0 bridgehead atoms. The molecule has 0 unspecified atom stereocenters. The van der Waals surface area contributed by atoms with Crippen molar-refractivity contribution in [1.82, 2.24) is 20.3 Å². The Bertz CT molecular complexity index is 916. The molecular weight excluding hydrogens is 392 g/mol. The van der Waals surface area contributed by atoms with Crippen LogP contribution in [0.4, 0.5) is 0 Å². The molecule has 4 atom stereocenters. The fraction of sp³-hybridized carbons (Fsp3) is 0.471. The summed E-state index contributed by atoms with van der Waals surface area (Å²) in [5, 5.41) is 3.46. The maximum atomic E-state index is 11.7. The molecule has 0 aromatic carbocycles. The first-order chi connectivity index (χ1) is 13.3. The Morgan fingerprint density at radius 1 is 1.07 bits per heavy atom. The van der Waals surface area contributed by atoms with E-state index in [-0.39, 0.29) is 11.8 Å². The Labute approximate surface area is 164 Å². The second-order valence-electron chi connectivity index (χ2n) is 6.33. The van der Waals surface area contributed by atoms with E-state index in [0.717, 1.165) is 0 Å². The first-order valence-electron chi connectivity index (χ1n) is 8.49. The van der Waals surface area contributed by atoms with Gasteiger partial charge in [-0.1, -0.05) is 11.6 Å². The molecule has 11 heteroatoms. The number of aromatic amines is 1. The van der Waals surface area contributed by atoms with Crippen molar-refractivity contribution in [2.24, 2.45) is 0 Å². The number of carbonyl (C=O) groups is 3. The number of halogens is 1. The van der Waals surface area contributed by atoms with Crippen LogP contribution in [0, 0.1) is 0 Å². The third kappa shape index (κ3) is 4.07. The highest BCUT2D eigenvalue weighted by Gasteiger charge is 2.49. The summed E-state index contributed by atoms with van der Waals surface area (Å²) < 4.78 is 15.9. The minimum atomic E-state index is -0.868. The maximum absolute atomic E-state index is 11.7. The van der Waals surface area contributed by atoms with E-state index in [9.17, 15) is 14.4 Å². The second kappa shape index (κ2) is 8.11. The standard InChI is InChI=1S/C17H19ClN4O6/c1-7(23)26-5-11-15(27-8(2)24)16(28-9(3)25)13(22-11)10-4-19-14-12(10)20-6-21-17(14)18/h4,6,11,13,15-16,19,22H,5H2,1-3H3/t11-,13+,15-,16-/m1/s1. The van der Waals surface area contributed by atoms with Gasteiger partial charge >= 0.3 is 17.9 Å². The molecule has 1 aliphatic heterocycles. The number of ether oxygens (including phenoxy) is 3. The number of fused-ring (bicyclic) bond motifs is 1. The lowest BCUT2D eigenvalue weighted by Gasteiger charge is -2.24. The summed E-state index contributed by atoms with van der Waals surface area (Å²) in [6.07, 6.45) is 1.25. The van der Waals surface area contributed by atoms with E-state index in [1.165, 1.54) is 27.1 Å². The summed E-state index contributed by atoms with van der Waals surface area (Å²) in [7, 11) is 0. The van der Waals surface area contributed by atoms with Crippen molar-refractivity contribution < 1.29 is 28.6 Å². The topological polar surface area (TPSA) is 132 Å². The Balaban J connectivity index is 2.01. The molecule has 150 valence electrons. The molecule has 28 heavy (non-hydrogen) atoms. The largest absolute Gasteiger partial charge is 0.464 e. The van der Waals surface area contributed by atoms with Gasteiger partial charge < -0.3 is 19.2 Å². The van der Waals surface area contributed by atoms with Gasteiger partial charge in [0, 0.05) is 32.5 Å². The molecule has 3 heterocycles. The fourth-order valence-electron chi connectivity index (χ4n) is 3.29. The molecule has 0 spiro atoms. The van der Waals surface area contributed by atoms with Gasteiger partial charge in [0.25, 0.3) is 0 Å². The van der Waals surface area contributed by atoms with Crippen molar-refractivity contribution >= 4 is 40.5 Å². The number of hydrogen-bond acceptors (Lipinski definition) is 9. The smallest absolute Gasteiger partial charge is 0.303 e. The molecule has 2 aromatic heterocycles. The van der Waals surface area contributed by atoms with Crippen LogP contribution in [0.5, 0.6) is 0 Å². The van der Waals surface area contributed by atoms with Crippen LogP contribution in [0.15, 0.2) is 12.5 Å². The van der Waals surface area contributed by atoms with Gasteiger partial charge in [0.15, 0.2) is 17.4 Å². The van der Waals surface area contributed by atoms with E-state index in [1.54, 1.807) is 6.20 Å². The average molecular weight is 411 g/mol. The second-order valence-corrected chi connectivity index (χ2v) is 6.69. The van der Waals surface area contributed by atoms with E-state index >= 15 is 0 Å². The van der Waals surface area contributed by atoms with Crippen LogP contribution < -0.4 is 5.32 Å². The molecule has 0 amide bonds. The molecule has 1 saturated heterocycles. The van der Waals surface area contributed by atoms with Crippen molar-refractivity contribution in [3.8, 4) is 0 Å². The van der Waals surface area contributed by atoms with Crippen LogP contribution in [-0.4, -0.2) is 57.7 Å². The zero-order valence-electron chi connectivity index (χ0n) is 15.4. The normalized spacial score (nSPS) is 24.1. The van der Waals surface area contributed by atoms with E-state index in [1.807, 2.05) is 0 Å². The molecule has 1 aliphatic rings. The minimum absolute atomic E-state index is 0.0698. The zero-order chi connectivity index (χ0) is 20.4. The van der Waals surface area contributed by atoms with Crippen LogP contribution in [0.3, 0.4) is 0 Å². The number of nitrogens with one attached hydrogen (secondary N) is 2. The number of rotatable bonds is 5. The SMILES string of the molecule is CC(=O)OC[C@H]1N[C@@H](c2c[nH]c3c(Cl)ncnc23)[C@@H](OC(C)=O)[C@@H]1OC(C)=O. The number of H-pyrrole nitrogens is 1. The summed E-state index contributed by atoms with van der Waals surface area (Å²) in [5.74, 6) is -1.58. The van der Waals surface area contributed by atoms with Crippen molar-refractivity contribution in [2.45, 2.75) is 45.1 Å². The zero-order valence-corrected chi connectivity index (χ0v) is 16.1. The Morgan fingerprint density at radius 3 is 2.39 bits per heavy atom. The third-order valence-corrected chi connectivity index (χ3v) is 4.58. The highest BCUT2D eigenvalue weighted by molar-refractivity contribution is 6.33. The van der Waals surface area contributed by atoms with E-state index in [0.29, 0.717) is 16.6 Å². The summed E-state index contributed by atoms with van der Waals surface area (Å²) in [4.78, 5) is 45.7. The van der Waals surface area contributed by atoms with Crippen molar-refractivity contribution in [2.75, 3.05) is 6.61 Å². The molecule has 10 nitrogen and oxygen atoms in total. The lowest BCUT2D eigenvalue weighted by atomic mass is 10.0. The molecule has 1 fully saturated rings. The maximum Gasteiger partial charge on any atom is 0.303 e. The van der Waals surface area contributed by atoms with E-state index in [4.69, 9.17) is 25.8 Å². The van der Waals surface area contributed by atoms with Crippen LogP contribution >= 0.6 is 11.6 Å². The highest BCUT2D eigenvalue weighted by atomic mass is 35.5. The quantitative estimate of drug-likeness (QED) is 0.421. The lowest BCUT2D eigenvalue weighted by molar-refractivity contribution is -0.165. The summed E-state index contributed by atoms with van der Waals surface area (Å²) >= 11 is 6.09. The molecule has 0 radical (unpaired) electrons. The molecule has 0 saturated carbocycles. The first-order valence-corrected chi connectivity index (χ1v) is 8.87. The number of carbonyl (C=O) groups excluding carboxylic acids is 3. The van der Waals surface area contributed by atoms with Gasteiger partial charge in [-0.2, -0.15) is 0 Å². The first kappa shape index (κ1) is 20.0. The molecule has 0 aliphatic carbocycles. The predicted molar refractivity (Wildman–Crippen MR) is 96.3 cm³/mol.